The molecule has 13 heteroatoms. The first kappa shape index (κ1) is 27.4. The van der Waals surface area contributed by atoms with Crippen LogP contribution in [0.5, 0.6) is 5.75 Å². The molecule has 0 fully saturated rings. The first-order valence-corrected chi connectivity index (χ1v) is 12.3. The van der Waals surface area contributed by atoms with Gasteiger partial charge >= 0.3 is 6.18 Å². The molecule has 0 saturated heterocycles. The summed E-state index contributed by atoms with van der Waals surface area (Å²) in [5.74, 6) is -4.45. The Morgan fingerprint density at radius 3 is 2.58 bits per heavy atom. The summed E-state index contributed by atoms with van der Waals surface area (Å²) in [6.07, 6.45) is -4.47. The van der Waals surface area contributed by atoms with E-state index in [9.17, 15) is 36.3 Å². The molecule has 2 aliphatic rings. The SMILES string of the molecule is CN1CCCOc2c(cc(NC(=O)c3cc(F)cc(C(F)(F)F)c3)c3c2C(=O)NC3c2cc(F)ccc2Cl)C1=O. The van der Waals surface area contributed by atoms with E-state index in [1.807, 2.05) is 0 Å². The Hall–Kier alpha value is -4.19. The minimum absolute atomic E-state index is 0.0491. The average Bonchev–Trinajstić information content (AvgIpc) is 3.23. The van der Waals surface area contributed by atoms with Crippen molar-refractivity contribution in [2.45, 2.75) is 18.6 Å². The van der Waals surface area contributed by atoms with E-state index in [1.54, 1.807) is 0 Å². The van der Waals surface area contributed by atoms with Crippen molar-refractivity contribution in [2.75, 3.05) is 25.5 Å². The molecule has 208 valence electrons. The van der Waals surface area contributed by atoms with Crippen LogP contribution >= 0.6 is 11.6 Å². The van der Waals surface area contributed by atoms with E-state index in [0.29, 0.717) is 25.1 Å². The number of nitrogens with zero attached hydrogens (tertiary/aromatic N) is 1. The number of amides is 3. The molecule has 2 heterocycles. The van der Waals surface area contributed by atoms with Gasteiger partial charge in [-0.1, -0.05) is 11.6 Å². The van der Waals surface area contributed by atoms with Crippen molar-refractivity contribution in [1.82, 2.24) is 10.2 Å². The van der Waals surface area contributed by atoms with Gasteiger partial charge in [-0.05, 0) is 48.9 Å². The number of halogens is 6. The smallest absolute Gasteiger partial charge is 0.416 e. The summed E-state index contributed by atoms with van der Waals surface area (Å²) in [5.41, 5.74) is -2.26. The number of benzene rings is 3. The van der Waals surface area contributed by atoms with Crippen molar-refractivity contribution >= 4 is 35.0 Å². The fraction of sp³-hybridized carbons (Fsp3) is 0.222. The second kappa shape index (κ2) is 10.1. The number of anilines is 1. The molecule has 0 saturated carbocycles. The molecule has 0 bridgehead atoms. The maximum Gasteiger partial charge on any atom is 0.416 e. The number of rotatable bonds is 3. The zero-order valence-corrected chi connectivity index (χ0v) is 21.3. The van der Waals surface area contributed by atoms with Crippen molar-refractivity contribution < 1.29 is 41.1 Å². The van der Waals surface area contributed by atoms with E-state index in [1.165, 1.54) is 24.1 Å². The molecule has 3 aromatic rings. The van der Waals surface area contributed by atoms with E-state index in [4.69, 9.17) is 16.3 Å². The summed E-state index contributed by atoms with van der Waals surface area (Å²) < 4.78 is 73.9. The van der Waals surface area contributed by atoms with Gasteiger partial charge in [0.15, 0.2) is 0 Å². The molecule has 0 spiro atoms. The summed E-state index contributed by atoms with van der Waals surface area (Å²) >= 11 is 6.31. The number of hydrogen-bond donors (Lipinski definition) is 2. The van der Waals surface area contributed by atoms with Crippen LogP contribution in [0.25, 0.3) is 0 Å². The zero-order chi connectivity index (χ0) is 28.9. The van der Waals surface area contributed by atoms with Gasteiger partial charge in [0.2, 0.25) is 0 Å². The van der Waals surface area contributed by atoms with Crippen LogP contribution in [0.15, 0.2) is 42.5 Å². The van der Waals surface area contributed by atoms with Crippen molar-refractivity contribution in [2.24, 2.45) is 0 Å². The number of nitrogens with one attached hydrogen (secondary N) is 2. The van der Waals surface area contributed by atoms with Crippen molar-refractivity contribution in [3.63, 3.8) is 0 Å². The van der Waals surface area contributed by atoms with E-state index in [-0.39, 0.29) is 51.4 Å². The number of carbonyl (C=O) groups excluding carboxylic acids is 3. The van der Waals surface area contributed by atoms with Gasteiger partial charge in [0, 0.05) is 41.0 Å². The average molecular weight is 580 g/mol. The molecular formula is C27H19ClF5N3O4. The third-order valence-electron chi connectivity index (χ3n) is 6.58. The Morgan fingerprint density at radius 1 is 1.10 bits per heavy atom. The highest BCUT2D eigenvalue weighted by atomic mass is 35.5. The second-order valence-corrected chi connectivity index (χ2v) is 9.68. The Labute approximate surface area is 228 Å². The first-order valence-electron chi connectivity index (χ1n) is 11.9. The normalized spacial score (nSPS) is 16.9. The molecule has 2 N–H and O–H groups in total. The van der Waals surface area contributed by atoms with E-state index < -0.39 is 52.7 Å². The highest BCUT2D eigenvalue weighted by Crippen LogP contribution is 2.45. The van der Waals surface area contributed by atoms with Crippen LogP contribution in [-0.2, 0) is 6.18 Å². The van der Waals surface area contributed by atoms with Crippen LogP contribution in [0, 0.1) is 11.6 Å². The van der Waals surface area contributed by atoms with Crippen LogP contribution in [0.4, 0.5) is 27.6 Å². The van der Waals surface area contributed by atoms with Gasteiger partial charge in [-0.15, -0.1) is 0 Å². The number of hydrogen-bond acceptors (Lipinski definition) is 4. The lowest BCUT2D eigenvalue weighted by Crippen LogP contribution is -2.32. The predicted octanol–water partition coefficient (Wildman–Crippen LogP) is 5.58. The van der Waals surface area contributed by atoms with Crippen LogP contribution in [-0.4, -0.2) is 42.8 Å². The van der Waals surface area contributed by atoms with Crippen molar-refractivity contribution in [3.05, 3.63) is 92.5 Å². The molecule has 1 atom stereocenters. The lowest BCUT2D eigenvalue weighted by atomic mass is 9.92. The molecule has 40 heavy (non-hydrogen) atoms. The van der Waals surface area contributed by atoms with E-state index in [2.05, 4.69) is 10.6 Å². The largest absolute Gasteiger partial charge is 0.492 e. The lowest BCUT2D eigenvalue weighted by molar-refractivity contribution is -0.137. The number of fused-ring (bicyclic) bond motifs is 3. The number of ether oxygens (including phenoxy) is 1. The van der Waals surface area contributed by atoms with Gasteiger partial charge in [0.05, 0.1) is 29.3 Å². The van der Waals surface area contributed by atoms with Crippen molar-refractivity contribution in [1.29, 1.82) is 0 Å². The van der Waals surface area contributed by atoms with Gasteiger partial charge in [-0.25, -0.2) is 8.78 Å². The summed E-state index contributed by atoms with van der Waals surface area (Å²) in [6.45, 7) is 0.471. The van der Waals surface area contributed by atoms with E-state index in [0.717, 1.165) is 12.1 Å². The Balaban J connectivity index is 1.70. The van der Waals surface area contributed by atoms with Gasteiger partial charge in [-0.3, -0.25) is 14.4 Å². The zero-order valence-electron chi connectivity index (χ0n) is 20.6. The molecular weight excluding hydrogens is 561 g/mol. The number of alkyl halides is 3. The molecule has 3 aromatic carbocycles. The maximum atomic E-state index is 14.2. The molecule has 3 amide bonds. The van der Waals surface area contributed by atoms with Gasteiger partial charge in [0.25, 0.3) is 17.7 Å². The Bertz CT molecular complexity index is 1580. The third-order valence-corrected chi connectivity index (χ3v) is 6.92. The fourth-order valence-corrected chi connectivity index (χ4v) is 4.95. The lowest BCUT2D eigenvalue weighted by Gasteiger charge is -2.25. The summed E-state index contributed by atoms with van der Waals surface area (Å²) in [5, 5.41) is 5.13. The van der Waals surface area contributed by atoms with E-state index >= 15 is 0 Å². The van der Waals surface area contributed by atoms with Crippen LogP contribution in [0.1, 0.15) is 60.2 Å². The fourth-order valence-electron chi connectivity index (χ4n) is 4.72. The standard InChI is InChI=1S/C27H19ClF5N3O4/c1-36-5-2-6-40-23-17(26(36)39)11-19(34-24(37)12-7-13(27(31,32)33)9-15(30)8-12)20-21(23)25(38)35-22(20)16-10-14(29)3-4-18(16)28/h3-4,7-11,22H,2,5-6H2,1H3,(H,34,37)(H,35,38). The molecule has 1 unspecified atom stereocenters. The maximum absolute atomic E-state index is 14.2. The molecule has 7 nitrogen and oxygen atoms in total. The highest BCUT2D eigenvalue weighted by molar-refractivity contribution is 6.31. The number of carbonyl (C=O) groups is 3. The molecule has 0 radical (unpaired) electrons. The predicted molar refractivity (Wildman–Crippen MR) is 134 cm³/mol. The second-order valence-electron chi connectivity index (χ2n) is 9.27. The quantitative estimate of drug-likeness (QED) is 0.397. The summed E-state index contributed by atoms with van der Waals surface area (Å²) in [4.78, 5) is 41.0. The highest BCUT2D eigenvalue weighted by Gasteiger charge is 2.40. The summed E-state index contributed by atoms with van der Waals surface area (Å²) in [7, 11) is 1.53. The molecule has 2 aliphatic heterocycles. The topological polar surface area (TPSA) is 87.7 Å². The third kappa shape index (κ3) is 4.94. The monoisotopic (exact) mass is 579 g/mol. The van der Waals surface area contributed by atoms with Crippen LogP contribution < -0.4 is 15.4 Å². The molecule has 0 aliphatic carbocycles. The van der Waals surface area contributed by atoms with Gasteiger partial charge < -0.3 is 20.3 Å². The molecule has 0 aromatic heterocycles. The van der Waals surface area contributed by atoms with Crippen LogP contribution in [0.2, 0.25) is 5.02 Å². The minimum Gasteiger partial charge on any atom is -0.492 e. The Kier molecular flexibility index (Phi) is 6.90. The minimum atomic E-state index is -4.93. The van der Waals surface area contributed by atoms with Crippen molar-refractivity contribution in [3.8, 4) is 5.75 Å². The van der Waals surface area contributed by atoms with Crippen LogP contribution in [0.3, 0.4) is 0 Å². The van der Waals surface area contributed by atoms with Gasteiger partial charge in [0.1, 0.15) is 17.4 Å². The molecule has 5 rings (SSSR count). The summed E-state index contributed by atoms with van der Waals surface area (Å²) in [6, 6.07) is 4.87. The first-order chi connectivity index (χ1) is 18.8. The van der Waals surface area contributed by atoms with Gasteiger partial charge in [-0.2, -0.15) is 13.2 Å². The Morgan fingerprint density at radius 2 is 1.85 bits per heavy atom.